The number of benzene rings is 1. The summed E-state index contributed by atoms with van der Waals surface area (Å²) >= 11 is 0. The number of rotatable bonds is 3. The van der Waals surface area contributed by atoms with Gasteiger partial charge in [-0.2, -0.15) is 0 Å². The fourth-order valence-corrected chi connectivity index (χ4v) is 1.61. The fourth-order valence-electron chi connectivity index (χ4n) is 1.61. The number of nitrogens with two attached hydrogens (primary N) is 1. The highest BCUT2D eigenvalue weighted by atomic mass is 16.4. The highest BCUT2D eigenvalue weighted by molar-refractivity contribution is 6.07. The molecule has 1 aromatic heterocycles. The molecular weight excluding hydrogens is 248 g/mol. The molecule has 0 atom stereocenters. The van der Waals surface area contributed by atoms with E-state index < -0.39 is 11.9 Å². The van der Waals surface area contributed by atoms with Gasteiger partial charge in [-0.05, 0) is 18.2 Å². The first-order valence-electron chi connectivity index (χ1n) is 5.39. The smallest absolute Gasteiger partial charge is 0.337 e. The van der Waals surface area contributed by atoms with E-state index in [1.165, 1.54) is 35.3 Å². The number of carbonyl (C=O) groups excluding carboxylic acids is 1. The van der Waals surface area contributed by atoms with Gasteiger partial charge in [0.1, 0.15) is 5.69 Å². The first-order valence-corrected chi connectivity index (χ1v) is 5.39. The molecule has 0 radical (unpaired) electrons. The molecule has 1 amide bonds. The van der Waals surface area contributed by atoms with Crippen LogP contribution < -0.4 is 11.1 Å². The van der Waals surface area contributed by atoms with Crippen molar-refractivity contribution in [3.63, 3.8) is 0 Å². The van der Waals surface area contributed by atoms with Crippen molar-refractivity contribution < 1.29 is 14.7 Å². The summed E-state index contributed by atoms with van der Waals surface area (Å²) in [7, 11) is 1.67. The van der Waals surface area contributed by atoms with Gasteiger partial charge in [-0.1, -0.05) is 0 Å². The Morgan fingerprint density at radius 2 is 2.16 bits per heavy atom. The summed E-state index contributed by atoms with van der Waals surface area (Å²) in [5.74, 6) is -1.59. The van der Waals surface area contributed by atoms with E-state index in [0.717, 1.165) is 0 Å². The fraction of sp³-hybridized carbons (Fsp3) is 0.0833. The van der Waals surface area contributed by atoms with Gasteiger partial charge < -0.3 is 20.7 Å². The summed E-state index contributed by atoms with van der Waals surface area (Å²) in [6.45, 7) is 0. The van der Waals surface area contributed by atoms with Crippen molar-refractivity contribution in [2.75, 3.05) is 11.1 Å². The molecule has 0 saturated heterocycles. The lowest BCUT2D eigenvalue weighted by Gasteiger charge is -2.09. The number of nitrogens with one attached hydrogen (secondary N) is 1. The third kappa shape index (κ3) is 2.54. The lowest BCUT2D eigenvalue weighted by molar-refractivity contribution is 0.0698. The van der Waals surface area contributed by atoms with E-state index in [0.29, 0.717) is 11.4 Å². The van der Waals surface area contributed by atoms with Gasteiger partial charge >= 0.3 is 5.97 Å². The molecule has 7 heteroatoms. The number of carbonyl (C=O) groups is 2. The highest BCUT2D eigenvalue weighted by Gasteiger charge is 2.15. The number of hydrogen-bond donors (Lipinski definition) is 3. The van der Waals surface area contributed by atoms with Crippen LogP contribution in [-0.2, 0) is 7.05 Å². The summed E-state index contributed by atoms with van der Waals surface area (Å²) in [4.78, 5) is 26.9. The second kappa shape index (κ2) is 4.81. The average Bonchev–Trinajstić information content (AvgIpc) is 2.75. The average molecular weight is 260 g/mol. The van der Waals surface area contributed by atoms with Crippen LogP contribution >= 0.6 is 0 Å². The van der Waals surface area contributed by atoms with E-state index in [9.17, 15) is 9.59 Å². The molecule has 0 unspecified atom stereocenters. The summed E-state index contributed by atoms with van der Waals surface area (Å²) < 4.78 is 1.53. The van der Waals surface area contributed by atoms with Crippen LogP contribution in [0.4, 0.5) is 11.4 Å². The van der Waals surface area contributed by atoms with Gasteiger partial charge in [0.2, 0.25) is 0 Å². The standard InChI is InChI=1S/C12H12N4O3/c1-16-6-14-5-10(16)11(17)15-9-4-7(13)2-3-8(9)12(18)19/h2-6H,13H2,1H3,(H,15,17)(H,18,19). The molecule has 7 nitrogen and oxygen atoms in total. The van der Waals surface area contributed by atoms with Gasteiger partial charge in [-0.25, -0.2) is 9.78 Å². The number of hydrogen-bond acceptors (Lipinski definition) is 4. The minimum absolute atomic E-state index is 0.0234. The molecule has 1 aromatic carbocycles. The normalized spacial score (nSPS) is 10.2. The number of aryl methyl sites for hydroxylation is 1. The Morgan fingerprint density at radius 3 is 2.74 bits per heavy atom. The first-order chi connectivity index (χ1) is 8.99. The van der Waals surface area contributed by atoms with Crippen LogP contribution in [0.3, 0.4) is 0 Å². The van der Waals surface area contributed by atoms with Gasteiger partial charge in [-0.15, -0.1) is 0 Å². The molecule has 98 valence electrons. The van der Waals surface area contributed by atoms with Crippen LogP contribution in [0.1, 0.15) is 20.8 Å². The zero-order valence-electron chi connectivity index (χ0n) is 10.1. The Labute approximate surface area is 108 Å². The topological polar surface area (TPSA) is 110 Å². The third-order valence-corrected chi connectivity index (χ3v) is 2.57. The lowest BCUT2D eigenvalue weighted by atomic mass is 10.1. The molecule has 4 N–H and O–H groups in total. The number of aromatic nitrogens is 2. The van der Waals surface area contributed by atoms with Crippen LogP contribution in [0, 0.1) is 0 Å². The molecule has 19 heavy (non-hydrogen) atoms. The van der Waals surface area contributed by atoms with E-state index in [4.69, 9.17) is 10.8 Å². The highest BCUT2D eigenvalue weighted by Crippen LogP contribution is 2.20. The van der Waals surface area contributed by atoms with Crippen molar-refractivity contribution >= 4 is 23.3 Å². The monoisotopic (exact) mass is 260 g/mol. The van der Waals surface area contributed by atoms with Gasteiger partial charge in [0.05, 0.1) is 23.8 Å². The molecule has 0 fully saturated rings. The number of carboxylic acids is 1. The van der Waals surface area contributed by atoms with E-state index in [-0.39, 0.29) is 11.3 Å². The summed E-state index contributed by atoms with van der Waals surface area (Å²) in [6.07, 6.45) is 2.87. The predicted molar refractivity (Wildman–Crippen MR) is 69.0 cm³/mol. The number of carboxylic acid groups (broad SMARTS) is 1. The van der Waals surface area contributed by atoms with Crippen LogP contribution in [0.15, 0.2) is 30.7 Å². The summed E-state index contributed by atoms with van der Waals surface area (Å²) in [5, 5.41) is 11.6. The van der Waals surface area contributed by atoms with Crippen LogP contribution in [-0.4, -0.2) is 26.5 Å². The van der Waals surface area contributed by atoms with Gasteiger partial charge in [0, 0.05) is 12.7 Å². The zero-order valence-corrected chi connectivity index (χ0v) is 10.1. The molecule has 1 heterocycles. The maximum Gasteiger partial charge on any atom is 0.337 e. The molecule has 0 aliphatic carbocycles. The lowest BCUT2D eigenvalue weighted by Crippen LogP contribution is -2.17. The second-order valence-corrected chi connectivity index (χ2v) is 3.95. The zero-order chi connectivity index (χ0) is 14.0. The van der Waals surface area contributed by atoms with Crippen LogP contribution in [0.2, 0.25) is 0 Å². The minimum Gasteiger partial charge on any atom is -0.478 e. The van der Waals surface area contributed by atoms with Crippen LogP contribution in [0.25, 0.3) is 0 Å². The van der Waals surface area contributed by atoms with Gasteiger partial charge in [0.15, 0.2) is 0 Å². The summed E-state index contributed by atoms with van der Waals surface area (Å²) in [5.41, 5.74) is 6.40. The maximum atomic E-state index is 12.0. The molecular formula is C12H12N4O3. The van der Waals surface area contributed by atoms with E-state index >= 15 is 0 Å². The number of aromatic carboxylic acids is 1. The van der Waals surface area contributed by atoms with Crippen molar-refractivity contribution in [1.29, 1.82) is 0 Å². The molecule has 0 aliphatic heterocycles. The SMILES string of the molecule is Cn1cncc1C(=O)Nc1cc(N)ccc1C(=O)O. The van der Waals surface area contributed by atoms with Crippen molar-refractivity contribution in [2.45, 2.75) is 0 Å². The number of imidazole rings is 1. The predicted octanol–water partition coefficient (Wildman–Crippen LogP) is 0.953. The van der Waals surface area contributed by atoms with Gasteiger partial charge in [0.25, 0.3) is 5.91 Å². The minimum atomic E-state index is -1.14. The molecule has 0 aliphatic rings. The number of amides is 1. The number of nitrogen functional groups attached to an aromatic ring is 1. The molecule has 2 rings (SSSR count). The van der Waals surface area contributed by atoms with E-state index in [1.807, 2.05) is 0 Å². The Balaban J connectivity index is 2.33. The largest absolute Gasteiger partial charge is 0.478 e. The van der Waals surface area contributed by atoms with Crippen molar-refractivity contribution in [2.24, 2.45) is 7.05 Å². The van der Waals surface area contributed by atoms with Crippen molar-refractivity contribution in [3.05, 3.63) is 42.0 Å². The Bertz CT molecular complexity index is 648. The van der Waals surface area contributed by atoms with Gasteiger partial charge in [-0.3, -0.25) is 4.79 Å². The summed E-state index contributed by atoms with van der Waals surface area (Å²) in [6, 6.07) is 4.21. The molecule has 0 bridgehead atoms. The van der Waals surface area contributed by atoms with E-state index in [1.54, 1.807) is 7.05 Å². The van der Waals surface area contributed by atoms with Crippen molar-refractivity contribution in [3.8, 4) is 0 Å². The Hall–Kier alpha value is -2.83. The maximum absolute atomic E-state index is 12.0. The third-order valence-electron chi connectivity index (χ3n) is 2.57. The van der Waals surface area contributed by atoms with E-state index in [2.05, 4.69) is 10.3 Å². The quantitative estimate of drug-likeness (QED) is 0.712. The number of anilines is 2. The number of nitrogens with zero attached hydrogens (tertiary/aromatic N) is 2. The first kappa shape index (κ1) is 12.6. The molecule has 2 aromatic rings. The van der Waals surface area contributed by atoms with Crippen LogP contribution in [0.5, 0.6) is 0 Å². The molecule has 0 saturated carbocycles. The second-order valence-electron chi connectivity index (χ2n) is 3.95. The molecule has 0 spiro atoms. The van der Waals surface area contributed by atoms with Crippen molar-refractivity contribution in [1.82, 2.24) is 9.55 Å². The Morgan fingerprint density at radius 1 is 1.42 bits per heavy atom. The Kier molecular flexibility index (Phi) is 3.19.